The highest BCUT2D eigenvalue weighted by Crippen LogP contribution is 2.26. The van der Waals surface area contributed by atoms with Gasteiger partial charge < -0.3 is 10.1 Å². The fourth-order valence-corrected chi connectivity index (χ4v) is 3.09. The second-order valence-corrected chi connectivity index (χ2v) is 6.22. The zero-order valence-electron chi connectivity index (χ0n) is 14.0. The first-order valence-corrected chi connectivity index (χ1v) is 8.27. The van der Waals surface area contributed by atoms with E-state index in [9.17, 15) is 20.0 Å². The Labute approximate surface area is 144 Å². The molecule has 8 heteroatoms. The number of fused-ring (bicyclic) bond motifs is 1. The third kappa shape index (κ3) is 3.69. The van der Waals surface area contributed by atoms with E-state index in [0.29, 0.717) is 49.4 Å². The minimum atomic E-state index is -0.480. The Morgan fingerprint density at radius 1 is 1.44 bits per heavy atom. The van der Waals surface area contributed by atoms with Gasteiger partial charge in [0.1, 0.15) is 11.6 Å². The van der Waals surface area contributed by atoms with Crippen LogP contribution in [-0.2, 0) is 25.9 Å². The van der Waals surface area contributed by atoms with Gasteiger partial charge >= 0.3 is 0 Å². The van der Waals surface area contributed by atoms with Gasteiger partial charge in [-0.25, -0.2) is 4.98 Å². The van der Waals surface area contributed by atoms with Gasteiger partial charge in [0.15, 0.2) is 0 Å². The van der Waals surface area contributed by atoms with Crippen molar-refractivity contribution in [1.82, 2.24) is 14.9 Å². The molecule has 1 aliphatic rings. The minimum Gasteiger partial charge on any atom is -0.508 e. The lowest BCUT2D eigenvalue weighted by Gasteiger charge is -2.27. The van der Waals surface area contributed by atoms with Crippen molar-refractivity contribution in [2.75, 3.05) is 6.54 Å². The topological polar surface area (TPSA) is 112 Å². The summed E-state index contributed by atoms with van der Waals surface area (Å²) in [7, 11) is 0. The van der Waals surface area contributed by atoms with Crippen molar-refractivity contribution in [2.24, 2.45) is 0 Å². The first-order chi connectivity index (χ1) is 12.0. The summed E-state index contributed by atoms with van der Waals surface area (Å²) in [6.07, 6.45) is 2.18. The molecule has 3 rings (SSSR count). The molecule has 1 aromatic carbocycles. The highest BCUT2D eigenvalue weighted by atomic mass is 16.6. The summed E-state index contributed by atoms with van der Waals surface area (Å²) in [6, 6.07) is 4.01. The van der Waals surface area contributed by atoms with Crippen LogP contribution in [0.4, 0.5) is 5.69 Å². The number of nitro groups is 1. The van der Waals surface area contributed by atoms with E-state index in [-0.39, 0.29) is 17.0 Å². The van der Waals surface area contributed by atoms with Crippen LogP contribution in [0.15, 0.2) is 23.0 Å². The predicted octanol–water partition coefficient (Wildman–Crippen LogP) is 1.89. The Morgan fingerprint density at radius 3 is 2.96 bits per heavy atom. The fraction of sp³-hybridized carbons (Fsp3) is 0.412. The monoisotopic (exact) mass is 344 g/mol. The number of benzene rings is 1. The maximum Gasteiger partial charge on any atom is 0.270 e. The highest BCUT2D eigenvalue weighted by molar-refractivity contribution is 5.43. The van der Waals surface area contributed by atoms with Crippen molar-refractivity contribution < 1.29 is 10.0 Å². The molecule has 2 heterocycles. The largest absolute Gasteiger partial charge is 0.508 e. The lowest BCUT2D eigenvalue weighted by atomic mass is 10.0. The van der Waals surface area contributed by atoms with Crippen molar-refractivity contribution in [1.29, 1.82) is 0 Å². The van der Waals surface area contributed by atoms with E-state index in [4.69, 9.17) is 0 Å². The van der Waals surface area contributed by atoms with Gasteiger partial charge in [-0.3, -0.25) is 19.8 Å². The van der Waals surface area contributed by atoms with Crippen molar-refractivity contribution in [2.45, 2.75) is 39.3 Å². The van der Waals surface area contributed by atoms with Crippen LogP contribution in [0.2, 0.25) is 0 Å². The van der Waals surface area contributed by atoms with Gasteiger partial charge in [0.25, 0.3) is 11.2 Å². The van der Waals surface area contributed by atoms with Gasteiger partial charge in [-0.1, -0.05) is 6.92 Å². The fourth-order valence-electron chi connectivity index (χ4n) is 3.09. The van der Waals surface area contributed by atoms with E-state index in [0.717, 1.165) is 12.1 Å². The normalized spacial score (nSPS) is 14.3. The maximum absolute atomic E-state index is 12.2. The SMILES string of the molecule is CCCc1nc2c(c(=O)[nH]1)CCN(Cc1cc([N+](=O)[O-])ccc1O)C2. The maximum atomic E-state index is 12.2. The minimum absolute atomic E-state index is 0.0296. The molecular formula is C17H20N4O4. The number of aromatic hydroxyl groups is 1. The number of hydrogen-bond donors (Lipinski definition) is 2. The van der Waals surface area contributed by atoms with E-state index in [2.05, 4.69) is 9.97 Å². The van der Waals surface area contributed by atoms with Gasteiger partial charge in [-0.05, 0) is 18.9 Å². The second kappa shape index (κ2) is 7.02. The summed E-state index contributed by atoms with van der Waals surface area (Å²) >= 11 is 0. The third-order valence-corrected chi connectivity index (χ3v) is 4.36. The lowest BCUT2D eigenvalue weighted by Crippen LogP contribution is -2.35. The molecule has 0 unspecified atom stereocenters. The van der Waals surface area contributed by atoms with Crippen LogP contribution in [0.1, 0.15) is 36.0 Å². The van der Waals surface area contributed by atoms with E-state index in [1.54, 1.807) is 0 Å². The zero-order valence-corrected chi connectivity index (χ0v) is 14.0. The Kier molecular flexibility index (Phi) is 4.80. The third-order valence-electron chi connectivity index (χ3n) is 4.36. The van der Waals surface area contributed by atoms with Crippen LogP contribution in [-0.4, -0.2) is 31.4 Å². The smallest absolute Gasteiger partial charge is 0.270 e. The van der Waals surface area contributed by atoms with Crippen LogP contribution in [0.5, 0.6) is 5.75 Å². The Balaban J connectivity index is 1.82. The highest BCUT2D eigenvalue weighted by Gasteiger charge is 2.22. The number of hydrogen-bond acceptors (Lipinski definition) is 6. The number of nitrogens with one attached hydrogen (secondary N) is 1. The van der Waals surface area contributed by atoms with Gasteiger partial charge in [-0.2, -0.15) is 0 Å². The molecule has 8 nitrogen and oxygen atoms in total. The Morgan fingerprint density at radius 2 is 2.24 bits per heavy atom. The molecule has 0 radical (unpaired) electrons. The van der Waals surface area contributed by atoms with Gasteiger partial charge in [0.2, 0.25) is 0 Å². The summed E-state index contributed by atoms with van der Waals surface area (Å²) in [4.78, 5) is 32.0. The van der Waals surface area contributed by atoms with Crippen LogP contribution < -0.4 is 5.56 Å². The average Bonchev–Trinajstić information content (AvgIpc) is 2.56. The number of aromatic nitrogens is 2. The first-order valence-electron chi connectivity index (χ1n) is 8.27. The molecule has 132 valence electrons. The molecule has 2 N–H and O–H groups in total. The van der Waals surface area contributed by atoms with Gasteiger partial charge in [0, 0.05) is 49.3 Å². The zero-order chi connectivity index (χ0) is 18.0. The van der Waals surface area contributed by atoms with E-state index in [1.807, 2.05) is 11.8 Å². The number of rotatable bonds is 5. The van der Waals surface area contributed by atoms with Crippen LogP contribution in [0.25, 0.3) is 0 Å². The van der Waals surface area contributed by atoms with E-state index in [1.165, 1.54) is 18.2 Å². The number of aryl methyl sites for hydroxylation is 1. The number of nitro benzene ring substituents is 1. The Hall–Kier alpha value is -2.74. The van der Waals surface area contributed by atoms with Crippen molar-refractivity contribution in [3.8, 4) is 5.75 Å². The molecule has 2 aromatic rings. The van der Waals surface area contributed by atoms with E-state index < -0.39 is 4.92 Å². The first kappa shape index (κ1) is 17.1. The molecule has 0 saturated heterocycles. The van der Waals surface area contributed by atoms with Crippen LogP contribution in [0, 0.1) is 10.1 Å². The number of phenols is 1. The number of non-ortho nitro benzene ring substituents is 1. The summed E-state index contributed by atoms with van der Waals surface area (Å²) in [6.45, 7) is 3.51. The summed E-state index contributed by atoms with van der Waals surface area (Å²) < 4.78 is 0. The number of H-pyrrole nitrogens is 1. The number of aromatic amines is 1. The van der Waals surface area contributed by atoms with E-state index >= 15 is 0 Å². The van der Waals surface area contributed by atoms with Crippen molar-refractivity contribution in [3.63, 3.8) is 0 Å². The molecular weight excluding hydrogens is 324 g/mol. The molecule has 1 aliphatic heterocycles. The molecule has 0 fully saturated rings. The summed E-state index contributed by atoms with van der Waals surface area (Å²) in [5.74, 6) is 0.716. The molecule has 0 aliphatic carbocycles. The summed E-state index contributed by atoms with van der Waals surface area (Å²) in [5.41, 5.74) is 1.83. The number of phenolic OH excluding ortho intramolecular Hbond substituents is 1. The average molecular weight is 344 g/mol. The molecule has 0 amide bonds. The molecule has 25 heavy (non-hydrogen) atoms. The van der Waals surface area contributed by atoms with Crippen molar-refractivity contribution in [3.05, 3.63) is 61.3 Å². The standard InChI is InChI=1S/C17H20N4O4/c1-2-3-16-18-14-10-20(7-6-13(14)17(23)19-16)9-11-8-12(21(24)25)4-5-15(11)22/h4-5,8,22H,2-3,6-7,9-10H2,1H3,(H,18,19,23). The lowest BCUT2D eigenvalue weighted by molar-refractivity contribution is -0.385. The molecule has 0 saturated carbocycles. The molecule has 1 aromatic heterocycles. The Bertz CT molecular complexity index is 862. The van der Waals surface area contributed by atoms with Gasteiger partial charge in [-0.15, -0.1) is 0 Å². The quantitative estimate of drug-likeness (QED) is 0.633. The predicted molar refractivity (Wildman–Crippen MR) is 91.4 cm³/mol. The molecule has 0 atom stereocenters. The second-order valence-electron chi connectivity index (χ2n) is 6.22. The number of nitrogens with zero attached hydrogens (tertiary/aromatic N) is 3. The molecule has 0 bridgehead atoms. The van der Waals surface area contributed by atoms with Crippen molar-refractivity contribution >= 4 is 5.69 Å². The van der Waals surface area contributed by atoms with Crippen LogP contribution in [0.3, 0.4) is 0 Å². The summed E-state index contributed by atoms with van der Waals surface area (Å²) in [5, 5.41) is 20.9. The van der Waals surface area contributed by atoms with Crippen LogP contribution >= 0.6 is 0 Å². The van der Waals surface area contributed by atoms with Gasteiger partial charge in [0.05, 0.1) is 10.6 Å². The molecule has 0 spiro atoms.